The van der Waals surface area contributed by atoms with Crippen LogP contribution in [0.15, 0.2) is 0 Å². The smallest absolute Gasteiger partial charge is 0.0714 e. The third-order valence-corrected chi connectivity index (χ3v) is 3.55. The second-order valence-electron chi connectivity index (χ2n) is 4.82. The van der Waals surface area contributed by atoms with E-state index in [1.54, 1.807) is 0 Å². The van der Waals surface area contributed by atoms with Gasteiger partial charge in [-0.1, -0.05) is 0 Å². The van der Waals surface area contributed by atoms with Gasteiger partial charge in [-0.3, -0.25) is 9.80 Å². The summed E-state index contributed by atoms with van der Waals surface area (Å²) in [5, 5.41) is 0. The van der Waals surface area contributed by atoms with E-state index in [9.17, 15) is 0 Å². The van der Waals surface area contributed by atoms with Crippen LogP contribution in [0.5, 0.6) is 0 Å². The molecule has 2 saturated heterocycles. The minimum absolute atomic E-state index is 0.346. The molecule has 2 heterocycles. The fourth-order valence-electron chi connectivity index (χ4n) is 2.45. The van der Waals surface area contributed by atoms with E-state index in [4.69, 9.17) is 15.2 Å². The molecule has 0 aromatic carbocycles. The topological polar surface area (TPSA) is 51.0 Å². The lowest BCUT2D eigenvalue weighted by atomic mass is 10.2. The summed E-state index contributed by atoms with van der Waals surface area (Å²) in [7, 11) is 0. The van der Waals surface area contributed by atoms with Gasteiger partial charge < -0.3 is 15.2 Å². The molecular formula is C12H25N3O2. The molecule has 0 saturated carbocycles. The third-order valence-electron chi connectivity index (χ3n) is 3.55. The van der Waals surface area contributed by atoms with Crippen LogP contribution in [0, 0.1) is 0 Å². The van der Waals surface area contributed by atoms with E-state index in [-0.39, 0.29) is 0 Å². The highest BCUT2D eigenvalue weighted by atomic mass is 16.5. The first kappa shape index (κ1) is 13.2. The van der Waals surface area contributed by atoms with Crippen LogP contribution in [0.3, 0.4) is 0 Å². The lowest BCUT2D eigenvalue weighted by Gasteiger charge is -2.35. The van der Waals surface area contributed by atoms with Crippen molar-refractivity contribution < 1.29 is 9.47 Å². The van der Waals surface area contributed by atoms with E-state index in [2.05, 4.69) is 9.80 Å². The molecule has 0 spiro atoms. The summed E-state index contributed by atoms with van der Waals surface area (Å²) >= 11 is 0. The van der Waals surface area contributed by atoms with Crippen molar-refractivity contribution in [3.8, 4) is 0 Å². The molecule has 0 aromatic rings. The van der Waals surface area contributed by atoms with Crippen molar-refractivity contribution in [2.75, 3.05) is 65.6 Å². The first-order valence-electron chi connectivity index (χ1n) is 6.72. The molecule has 0 aromatic heterocycles. The fraction of sp³-hybridized carbons (Fsp3) is 1.00. The molecule has 2 aliphatic heterocycles. The molecule has 2 aliphatic rings. The summed E-state index contributed by atoms with van der Waals surface area (Å²) in [6, 6.07) is 0. The molecule has 5 heteroatoms. The molecule has 2 rings (SSSR count). The molecule has 0 aliphatic carbocycles. The van der Waals surface area contributed by atoms with Crippen molar-refractivity contribution in [3.63, 3.8) is 0 Å². The van der Waals surface area contributed by atoms with Crippen LogP contribution < -0.4 is 5.73 Å². The Kier molecular flexibility index (Phi) is 5.67. The van der Waals surface area contributed by atoms with E-state index >= 15 is 0 Å². The van der Waals surface area contributed by atoms with Crippen molar-refractivity contribution in [3.05, 3.63) is 0 Å². The minimum atomic E-state index is 0.346. The van der Waals surface area contributed by atoms with Crippen LogP contribution in [-0.4, -0.2) is 81.5 Å². The van der Waals surface area contributed by atoms with Gasteiger partial charge >= 0.3 is 0 Å². The van der Waals surface area contributed by atoms with Crippen molar-refractivity contribution in [2.24, 2.45) is 5.73 Å². The highest BCUT2D eigenvalue weighted by Crippen LogP contribution is 2.08. The molecule has 0 amide bonds. The second kappa shape index (κ2) is 7.28. The van der Waals surface area contributed by atoms with E-state index in [0.29, 0.717) is 6.10 Å². The average Bonchev–Trinajstić information content (AvgIpc) is 2.39. The molecule has 17 heavy (non-hydrogen) atoms. The maximum Gasteiger partial charge on any atom is 0.0714 e. The van der Waals surface area contributed by atoms with E-state index in [0.717, 1.165) is 72.1 Å². The number of hydrogen-bond donors (Lipinski definition) is 1. The molecule has 2 fully saturated rings. The predicted molar refractivity (Wildman–Crippen MR) is 67.1 cm³/mol. The summed E-state index contributed by atoms with van der Waals surface area (Å²) in [4.78, 5) is 4.98. The van der Waals surface area contributed by atoms with Gasteiger partial charge in [0, 0.05) is 39.3 Å². The van der Waals surface area contributed by atoms with Crippen LogP contribution in [0.2, 0.25) is 0 Å². The first-order chi connectivity index (χ1) is 8.38. The maximum absolute atomic E-state index is 5.69. The zero-order valence-corrected chi connectivity index (χ0v) is 10.6. The zero-order chi connectivity index (χ0) is 11.9. The number of nitrogens with two attached hydrogens (primary N) is 1. The monoisotopic (exact) mass is 243 g/mol. The molecule has 100 valence electrons. The first-order valence-corrected chi connectivity index (χ1v) is 6.72. The Morgan fingerprint density at radius 2 is 1.71 bits per heavy atom. The number of nitrogens with zero attached hydrogens (tertiary/aromatic N) is 2. The number of ether oxygens (including phenoxy) is 2. The van der Waals surface area contributed by atoms with Gasteiger partial charge in [-0.05, 0) is 13.0 Å². The highest BCUT2D eigenvalue weighted by molar-refractivity contribution is 4.73. The Morgan fingerprint density at radius 3 is 2.47 bits per heavy atom. The molecule has 2 N–H and O–H groups in total. The Morgan fingerprint density at radius 1 is 1.00 bits per heavy atom. The fourth-order valence-corrected chi connectivity index (χ4v) is 2.45. The Bertz CT molecular complexity index is 208. The molecular weight excluding hydrogens is 218 g/mol. The lowest BCUT2D eigenvalue weighted by molar-refractivity contribution is -0.0361. The lowest BCUT2D eigenvalue weighted by Crippen LogP contribution is -2.47. The van der Waals surface area contributed by atoms with E-state index in [1.807, 2.05) is 0 Å². The number of morpholine rings is 2. The minimum Gasteiger partial charge on any atom is -0.379 e. The summed E-state index contributed by atoms with van der Waals surface area (Å²) in [6.07, 6.45) is 1.33. The van der Waals surface area contributed by atoms with Crippen molar-refractivity contribution >= 4 is 0 Å². The molecule has 5 nitrogen and oxygen atoms in total. The molecule has 1 atom stereocenters. The van der Waals surface area contributed by atoms with Gasteiger partial charge in [-0.2, -0.15) is 0 Å². The summed E-state index contributed by atoms with van der Waals surface area (Å²) in [5.74, 6) is 0. The van der Waals surface area contributed by atoms with Crippen LogP contribution in [-0.2, 0) is 9.47 Å². The molecule has 1 unspecified atom stereocenters. The van der Waals surface area contributed by atoms with Crippen molar-refractivity contribution in [1.82, 2.24) is 9.80 Å². The van der Waals surface area contributed by atoms with Gasteiger partial charge in [0.25, 0.3) is 0 Å². The van der Waals surface area contributed by atoms with E-state index in [1.165, 1.54) is 0 Å². The van der Waals surface area contributed by atoms with Gasteiger partial charge in [0.2, 0.25) is 0 Å². The van der Waals surface area contributed by atoms with Crippen LogP contribution >= 0.6 is 0 Å². The van der Waals surface area contributed by atoms with Gasteiger partial charge in [-0.15, -0.1) is 0 Å². The quantitative estimate of drug-likeness (QED) is 0.697. The van der Waals surface area contributed by atoms with E-state index < -0.39 is 0 Å². The molecule has 0 bridgehead atoms. The van der Waals surface area contributed by atoms with Crippen LogP contribution in [0.1, 0.15) is 6.42 Å². The third kappa shape index (κ3) is 4.52. The standard InChI is InChI=1S/C12H25N3O2/c13-2-1-12-11-15(7-10-17-12)4-3-14-5-8-16-9-6-14/h12H,1-11,13H2. The summed E-state index contributed by atoms with van der Waals surface area (Å²) in [5.41, 5.74) is 5.58. The SMILES string of the molecule is NCCC1CN(CCN2CCOCC2)CCO1. The summed E-state index contributed by atoms with van der Waals surface area (Å²) in [6.45, 7) is 9.91. The van der Waals surface area contributed by atoms with Gasteiger partial charge in [0.15, 0.2) is 0 Å². The van der Waals surface area contributed by atoms with Crippen LogP contribution in [0.25, 0.3) is 0 Å². The van der Waals surface area contributed by atoms with Crippen molar-refractivity contribution in [1.29, 1.82) is 0 Å². The number of hydrogen-bond acceptors (Lipinski definition) is 5. The Labute approximate surface area is 104 Å². The van der Waals surface area contributed by atoms with Crippen LogP contribution in [0.4, 0.5) is 0 Å². The predicted octanol–water partition coefficient (Wildman–Crippen LogP) is -0.632. The highest BCUT2D eigenvalue weighted by Gasteiger charge is 2.20. The van der Waals surface area contributed by atoms with Gasteiger partial charge in [0.05, 0.1) is 25.9 Å². The maximum atomic E-state index is 5.69. The normalized spacial score (nSPS) is 28.4. The molecule has 0 radical (unpaired) electrons. The largest absolute Gasteiger partial charge is 0.379 e. The van der Waals surface area contributed by atoms with Gasteiger partial charge in [-0.25, -0.2) is 0 Å². The summed E-state index contributed by atoms with van der Waals surface area (Å²) < 4.78 is 11.0. The van der Waals surface area contributed by atoms with Gasteiger partial charge in [0.1, 0.15) is 0 Å². The van der Waals surface area contributed by atoms with Crippen molar-refractivity contribution in [2.45, 2.75) is 12.5 Å². The average molecular weight is 243 g/mol. The Hall–Kier alpha value is -0.200. The Balaban J connectivity index is 1.64. The number of rotatable bonds is 5. The zero-order valence-electron chi connectivity index (χ0n) is 10.6. The second-order valence-corrected chi connectivity index (χ2v) is 4.82.